The van der Waals surface area contributed by atoms with Gasteiger partial charge in [-0.3, -0.25) is 18.9 Å². The molecule has 0 aliphatic carbocycles. The van der Waals surface area contributed by atoms with Crippen LogP contribution in [0.4, 0.5) is 11.4 Å². The van der Waals surface area contributed by atoms with Gasteiger partial charge >= 0.3 is 4.87 Å². The maximum absolute atomic E-state index is 12.6. The van der Waals surface area contributed by atoms with Gasteiger partial charge in [-0.15, -0.1) is 0 Å². The molecule has 9 heteroatoms. The van der Waals surface area contributed by atoms with Gasteiger partial charge in [0.2, 0.25) is 10.0 Å². The van der Waals surface area contributed by atoms with Crippen LogP contribution in [-0.2, 0) is 10.0 Å². The molecule has 0 unspecified atom stereocenters. The van der Waals surface area contributed by atoms with Crippen molar-refractivity contribution in [3.8, 4) is 0 Å². The molecular weight excluding hydrogens is 398 g/mol. The van der Waals surface area contributed by atoms with E-state index in [0.29, 0.717) is 22.5 Å². The van der Waals surface area contributed by atoms with Crippen molar-refractivity contribution in [2.45, 2.75) is 26.8 Å². The van der Waals surface area contributed by atoms with Crippen LogP contribution >= 0.6 is 11.3 Å². The molecule has 0 saturated carbocycles. The van der Waals surface area contributed by atoms with Crippen molar-refractivity contribution < 1.29 is 13.2 Å². The number of hydrogen-bond donors (Lipinski definition) is 2. The molecule has 0 radical (unpaired) electrons. The first kappa shape index (κ1) is 20.1. The minimum absolute atomic E-state index is 0.0296. The number of fused-ring (bicyclic) bond motifs is 1. The quantitative estimate of drug-likeness (QED) is 0.661. The second-order valence-corrected chi connectivity index (χ2v) is 9.61. The molecule has 3 aromatic rings. The summed E-state index contributed by atoms with van der Waals surface area (Å²) < 4.78 is 27.7. The number of thiazole rings is 1. The summed E-state index contributed by atoms with van der Waals surface area (Å²) in [5.74, 6) is -0.316. The van der Waals surface area contributed by atoms with E-state index in [4.69, 9.17) is 0 Å². The second kappa shape index (κ2) is 7.40. The molecule has 28 heavy (non-hydrogen) atoms. The summed E-state index contributed by atoms with van der Waals surface area (Å²) >= 11 is 1.14. The van der Waals surface area contributed by atoms with Crippen LogP contribution in [0, 0.1) is 6.92 Å². The fourth-order valence-electron chi connectivity index (χ4n) is 2.93. The van der Waals surface area contributed by atoms with Gasteiger partial charge in [-0.05, 0) is 62.7 Å². The molecule has 0 atom stereocenters. The number of hydrogen-bond acceptors (Lipinski definition) is 5. The molecule has 1 amide bonds. The van der Waals surface area contributed by atoms with Crippen LogP contribution in [-0.4, -0.2) is 25.1 Å². The number of amides is 1. The van der Waals surface area contributed by atoms with Crippen molar-refractivity contribution in [2.24, 2.45) is 0 Å². The van der Waals surface area contributed by atoms with Gasteiger partial charge in [-0.2, -0.15) is 0 Å². The highest BCUT2D eigenvalue weighted by Gasteiger charge is 2.13. The molecule has 2 aromatic carbocycles. The van der Waals surface area contributed by atoms with Crippen molar-refractivity contribution in [3.05, 3.63) is 57.2 Å². The number of anilines is 2. The van der Waals surface area contributed by atoms with Crippen LogP contribution in [0.3, 0.4) is 0 Å². The predicted molar refractivity (Wildman–Crippen MR) is 114 cm³/mol. The van der Waals surface area contributed by atoms with Crippen LogP contribution < -0.4 is 14.9 Å². The molecule has 0 saturated heterocycles. The van der Waals surface area contributed by atoms with Crippen molar-refractivity contribution in [2.75, 3.05) is 16.3 Å². The van der Waals surface area contributed by atoms with E-state index in [1.54, 1.807) is 41.8 Å². The minimum Gasteiger partial charge on any atom is -0.322 e. The Bertz CT molecular complexity index is 1220. The van der Waals surface area contributed by atoms with Crippen molar-refractivity contribution >= 4 is 48.9 Å². The van der Waals surface area contributed by atoms with E-state index >= 15 is 0 Å². The first-order valence-electron chi connectivity index (χ1n) is 8.60. The lowest BCUT2D eigenvalue weighted by Gasteiger charge is -2.11. The fraction of sp³-hybridized carbons (Fsp3) is 0.263. The molecule has 3 rings (SSSR count). The number of rotatable bonds is 5. The highest BCUT2D eigenvalue weighted by Crippen LogP contribution is 2.25. The first-order valence-corrected chi connectivity index (χ1v) is 11.3. The number of sulfonamides is 1. The number of nitrogens with one attached hydrogen (secondary N) is 2. The summed E-state index contributed by atoms with van der Waals surface area (Å²) in [4.78, 5) is 24.7. The van der Waals surface area contributed by atoms with E-state index in [0.717, 1.165) is 27.8 Å². The molecule has 1 aromatic heterocycles. The van der Waals surface area contributed by atoms with Gasteiger partial charge in [0.15, 0.2) is 0 Å². The van der Waals surface area contributed by atoms with Gasteiger partial charge in [0.05, 0.1) is 22.2 Å². The molecule has 0 aliphatic rings. The third-order valence-electron chi connectivity index (χ3n) is 4.17. The first-order chi connectivity index (χ1) is 13.0. The monoisotopic (exact) mass is 419 g/mol. The highest BCUT2D eigenvalue weighted by molar-refractivity contribution is 7.92. The number of nitrogens with zero attached hydrogens (tertiary/aromatic N) is 1. The molecule has 7 nitrogen and oxygen atoms in total. The number of benzene rings is 2. The topological polar surface area (TPSA) is 97.3 Å². The summed E-state index contributed by atoms with van der Waals surface area (Å²) in [7, 11) is -3.39. The summed E-state index contributed by atoms with van der Waals surface area (Å²) in [6.07, 6.45) is 1.07. The predicted octanol–water partition coefficient (Wildman–Crippen LogP) is 3.58. The van der Waals surface area contributed by atoms with E-state index in [-0.39, 0.29) is 16.8 Å². The van der Waals surface area contributed by atoms with Gasteiger partial charge in [-0.25, -0.2) is 8.42 Å². The SMILES string of the molecule is Cc1cc(C(=O)Nc2ccc3c(c2)sc(=O)n3C(C)C)ccc1NS(C)(=O)=O. The Morgan fingerprint density at radius 2 is 1.86 bits per heavy atom. The average molecular weight is 420 g/mol. The number of carbonyl (C=O) groups excluding carboxylic acids is 1. The summed E-state index contributed by atoms with van der Waals surface area (Å²) in [6.45, 7) is 5.63. The molecule has 0 bridgehead atoms. The van der Waals surface area contributed by atoms with E-state index in [1.165, 1.54) is 0 Å². The largest absolute Gasteiger partial charge is 0.322 e. The van der Waals surface area contributed by atoms with E-state index < -0.39 is 10.0 Å². The molecule has 0 aliphatic heterocycles. The lowest BCUT2D eigenvalue weighted by Crippen LogP contribution is -2.15. The number of aryl methyl sites for hydroxylation is 1. The third kappa shape index (κ3) is 4.26. The van der Waals surface area contributed by atoms with Crippen molar-refractivity contribution in [3.63, 3.8) is 0 Å². The van der Waals surface area contributed by atoms with Crippen LogP contribution in [0.25, 0.3) is 10.2 Å². The molecule has 2 N–H and O–H groups in total. The normalized spacial score (nSPS) is 11.8. The zero-order valence-corrected chi connectivity index (χ0v) is 17.6. The van der Waals surface area contributed by atoms with Gasteiger partial charge in [-0.1, -0.05) is 11.3 Å². The molecule has 0 fully saturated rings. The Kier molecular flexibility index (Phi) is 5.31. The Labute approximate surface area is 167 Å². The molecule has 148 valence electrons. The highest BCUT2D eigenvalue weighted by atomic mass is 32.2. The summed E-state index contributed by atoms with van der Waals surface area (Å²) in [5, 5.41) is 2.82. The van der Waals surface area contributed by atoms with Gasteiger partial charge in [0.1, 0.15) is 0 Å². The minimum atomic E-state index is -3.39. The number of carbonyl (C=O) groups is 1. The van der Waals surface area contributed by atoms with Gasteiger partial charge in [0.25, 0.3) is 5.91 Å². The molecule has 0 spiro atoms. The van der Waals surface area contributed by atoms with Crippen molar-refractivity contribution in [1.29, 1.82) is 0 Å². The summed E-state index contributed by atoms with van der Waals surface area (Å²) in [6, 6.07) is 10.2. The molecular formula is C19H21N3O4S2. The molecule has 1 heterocycles. The fourth-order valence-corrected chi connectivity index (χ4v) is 4.61. The Balaban J connectivity index is 1.85. The smallest absolute Gasteiger partial charge is 0.308 e. The zero-order chi connectivity index (χ0) is 20.6. The Hall–Kier alpha value is -2.65. The van der Waals surface area contributed by atoms with Gasteiger partial charge < -0.3 is 5.32 Å². The van der Waals surface area contributed by atoms with Crippen molar-refractivity contribution in [1.82, 2.24) is 4.57 Å². The lowest BCUT2D eigenvalue weighted by molar-refractivity contribution is 0.102. The Morgan fingerprint density at radius 3 is 2.46 bits per heavy atom. The lowest BCUT2D eigenvalue weighted by atomic mass is 10.1. The van der Waals surface area contributed by atoms with E-state index in [2.05, 4.69) is 10.0 Å². The second-order valence-electron chi connectivity index (χ2n) is 6.87. The van der Waals surface area contributed by atoms with Crippen LogP contribution in [0.2, 0.25) is 0 Å². The number of aromatic nitrogens is 1. The van der Waals surface area contributed by atoms with Crippen LogP contribution in [0.15, 0.2) is 41.2 Å². The average Bonchev–Trinajstić information content (AvgIpc) is 2.90. The maximum atomic E-state index is 12.6. The third-order valence-corrected chi connectivity index (χ3v) is 5.68. The Morgan fingerprint density at radius 1 is 1.14 bits per heavy atom. The standard InChI is InChI=1S/C19H21N3O4S2/c1-11(2)22-16-8-6-14(10-17(16)27-19(22)24)20-18(23)13-5-7-15(12(3)9-13)21-28(4,25)26/h5-11,21H,1-4H3,(H,20,23). The van der Waals surface area contributed by atoms with E-state index in [9.17, 15) is 18.0 Å². The van der Waals surface area contributed by atoms with Crippen LogP contribution in [0.5, 0.6) is 0 Å². The van der Waals surface area contributed by atoms with Crippen LogP contribution in [0.1, 0.15) is 35.8 Å². The maximum Gasteiger partial charge on any atom is 0.308 e. The van der Waals surface area contributed by atoms with E-state index in [1.807, 2.05) is 19.9 Å². The van der Waals surface area contributed by atoms with Gasteiger partial charge in [0, 0.05) is 17.3 Å². The summed E-state index contributed by atoms with van der Waals surface area (Å²) in [5.41, 5.74) is 2.91. The zero-order valence-electron chi connectivity index (χ0n) is 15.9.